The lowest BCUT2D eigenvalue weighted by Crippen LogP contribution is -1.95. The second-order valence-corrected chi connectivity index (χ2v) is 3.32. The van der Waals surface area contributed by atoms with Crippen LogP contribution in [0.2, 0.25) is 5.15 Å². The van der Waals surface area contributed by atoms with Crippen molar-refractivity contribution in [2.24, 2.45) is 0 Å². The van der Waals surface area contributed by atoms with Crippen molar-refractivity contribution < 1.29 is 0 Å². The standard InChI is InChI=1S/C10H10ClN3/c1-2-10-13-8(6-9(11)14-10)7-4-3-5-12-7/h3-6,12H,2H2,1H3. The first-order chi connectivity index (χ1) is 6.79. The molecular formula is C10H10ClN3. The van der Waals surface area contributed by atoms with Gasteiger partial charge in [-0.1, -0.05) is 18.5 Å². The molecule has 0 saturated heterocycles. The first-order valence-electron chi connectivity index (χ1n) is 4.47. The second-order valence-electron chi connectivity index (χ2n) is 2.93. The molecule has 2 rings (SSSR count). The van der Waals surface area contributed by atoms with Crippen molar-refractivity contribution in [3.63, 3.8) is 0 Å². The Bertz CT molecular complexity index is 423. The number of nitrogens with one attached hydrogen (secondary N) is 1. The molecule has 0 spiro atoms. The van der Waals surface area contributed by atoms with Gasteiger partial charge in [-0.15, -0.1) is 0 Å². The van der Waals surface area contributed by atoms with Crippen LogP contribution < -0.4 is 0 Å². The first-order valence-corrected chi connectivity index (χ1v) is 4.84. The normalized spacial score (nSPS) is 10.4. The Kier molecular flexibility index (Phi) is 2.50. The average molecular weight is 208 g/mol. The predicted octanol–water partition coefficient (Wildman–Crippen LogP) is 2.69. The number of H-pyrrole nitrogens is 1. The van der Waals surface area contributed by atoms with Crippen molar-refractivity contribution in [2.45, 2.75) is 13.3 Å². The van der Waals surface area contributed by atoms with Crippen molar-refractivity contribution in [3.8, 4) is 11.4 Å². The van der Waals surface area contributed by atoms with Gasteiger partial charge in [-0.05, 0) is 12.1 Å². The van der Waals surface area contributed by atoms with Crippen LogP contribution in [0.3, 0.4) is 0 Å². The van der Waals surface area contributed by atoms with Crippen molar-refractivity contribution in [3.05, 3.63) is 35.4 Å². The molecule has 0 radical (unpaired) electrons. The van der Waals surface area contributed by atoms with E-state index in [1.807, 2.05) is 25.3 Å². The number of aryl methyl sites for hydroxylation is 1. The molecular weight excluding hydrogens is 198 g/mol. The van der Waals surface area contributed by atoms with Gasteiger partial charge in [0.15, 0.2) is 0 Å². The maximum atomic E-state index is 5.88. The van der Waals surface area contributed by atoms with Gasteiger partial charge in [-0.2, -0.15) is 0 Å². The van der Waals surface area contributed by atoms with Gasteiger partial charge in [-0.3, -0.25) is 0 Å². The smallest absolute Gasteiger partial charge is 0.133 e. The molecule has 72 valence electrons. The SMILES string of the molecule is CCc1nc(Cl)cc(-c2ccc[nH]2)n1. The van der Waals surface area contributed by atoms with E-state index in [-0.39, 0.29) is 0 Å². The zero-order valence-electron chi connectivity index (χ0n) is 7.79. The van der Waals surface area contributed by atoms with E-state index >= 15 is 0 Å². The lowest BCUT2D eigenvalue weighted by molar-refractivity contribution is 0.941. The van der Waals surface area contributed by atoms with E-state index in [2.05, 4.69) is 15.0 Å². The zero-order chi connectivity index (χ0) is 9.97. The summed E-state index contributed by atoms with van der Waals surface area (Å²) in [6.07, 6.45) is 2.64. The number of aromatic nitrogens is 3. The number of rotatable bonds is 2. The molecule has 2 aromatic rings. The molecule has 1 N–H and O–H groups in total. The van der Waals surface area contributed by atoms with E-state index in [9.17, 15) is 0 Å². The minimum Gasteiger partial charge on any atom is -0.360 e. The Hall–Kier alpha value is -1.35. The van der Waals surface area contributed by atoms with Gasteiger partial charge >= 0.3 is 0 Å². The zero-order valence-corrected chi connectivity index (χ0v) is 8.54. The van der Waals surface area contributed by atoms with Gasteiger partial charge in [0.2, 0.25) is 0 Å². The molecule has 0 aliphatic heterocycles. The molecule has 0 bridgehead atoms. The Morgan fingerprint density at radius 3 is 2.93 bits per heavy atom. The van der Waals surface area contributed by atoms with Crippen molar-refractivity contribution in [1.82, 2.24) is 15.0 Å². The number of halogens is 1. The summed E-state index contributed by atoms with van der Waals surface area (Å²) in [5, 5.41) is 0.487. The third-order valence-electron chi connectivity index (χ3n) is 1.93. The molecule has 0 aliphatic rings. The number of hydrogen-bond acceptors (Lipinski definition) is 2. The molecule has 0 aliphatic carbocycles. The van der Waals surface area contributed by atoms with Gasteiger partial charge < -0.3 is 4.98 Å². The Morgan fingerprint density at radius 1 is 1.43 bits per heavy atom. The summed E-state index contributed by atoms with van der Waals surface area (Å²) in [6, 6.07) is 5.64. The molecule has 0 saturated carbocycles. The van der Waals surface area contributed by atoms with Crippen LogP contribution in [-0.2, 0) is 6.42 Å². The van der Waals surface area contributed by atoms with Gasteiger partial charge in [-0.25, -0.2) is 9.97 Å². The summed E-state index contributed by atoms with van der Waals surface area (Å²) in [4.78, 5) is 11.6. The first kappa shape index (κ1) is 9.21. The van der Waals surface area contributed by atoms with Gasteiger partial charge in [0.1, 0.15) is 11.0 Å². The fourth-order valence-corrected chi connectivity index (χ4v) is 1.45. The second kappa shape index (κ2) is 3.80. The highest BCUT2D eigenvalue weighted by molar-refractivity contribution is 6.29. The van der Waals surface area contributed by atoms with Crippen LogP contribution in [-0.4, -0.2) is 15.0 Å². The molecule has 0 aromatic carbocycles. The van der Waals surface area contributed by atoms with E-state index in [1.165, 1.54) is 0 Å². The maximum Gasteiger partial charge on any atom is 0.133 e. The topological polar surface area (TPSA) is 41.6 Å². The highest BCUT2D eigenvalue weighted by Gasteiger charge is 2.04. The van der Waals surface area contributed by atoms with Crippen molar-refractivity contribution in [1.29, 1.82) is 0 Å². The van der Waals surface area contributed by atoms with Crippen LogP contribution in [0.25, 0.3) is 11.4 Å². The largest absolute Gasteiger partial charge is 0.360 e. The highest BCUT2D eigenvalue weighted by atomic mass is 35.5. The maximum absolute atomic E-state index is 5.88. The predicted molar refractivity (Wildman–Crippen MR) is 56.2 cm³/mol. The lowest BCUT2D eigenvalue weighted by Gasteiger charge is -2.01. The Morgan fingerprint density at radius 2 is 2.29 bits per heavy atom. The third-order valence-corrected chi connectivity index (χ3v) is 2.12. The lowest BCUT2D eigenvalue weighted by atomic mass is 10.3. The minimum absolute atomic E-state index is 0.487. The van der Waals surface area contributed by atoms with E-state index < -0.39 is 0 Å². The van der Waals surface area contributed by atoms with Crippen LogP contribution >= 0.6 is 11.6 Å². The van der Waals surface area contributed by atoms with E-state index in [4.69, 9.17) is 11.6 Å². The van der Waals surface area contributed by atoms with E-state index in [0.717, 1.165) is 23.6 Å². The molecule has 0 unspecified atom stereocenters. The summed E-state index contributed by atoms with van der Waals surface area (Å²) in [5.41, 5.74) is 1.80. The highest BCUT2D eigenvalue weighted by Crippen LogP contribution is 2.17. The Balaban J connectivity index is 2.48. The summed E-state index contributed by atoms with van der Waals surface area (Å²) in [7, 11) is 0. The summed E-state index contributed by atoms with van der Waals surface area (Å²) in [6.45, 7) is 2.00. The fourth-order valence-electron chi connectivity index (χ4n) is 1.25. The van der Waals surface area contributed by atoms with Crippen molar-refractivity contribution >= 4 is 11.6 Å². The van der Waals surface area contributed by atoms with E-state index in [1.54, 1.807) is 6.07 Å². The van der Waals surface area contributed by atoms with E-state index in [0.29, 0.717) is 5.15 Å². The monoisotopic (exact) mass is 207 g/mol. The van der Waals surface area contributed by atoms with Crippen LogP contribution in [0.1, 0.15) is 12.7 Å². The molecule has 14 heavy (non-hydrogen) atoms. The van der Waals surface area contributed by atoms with Gasteiger partial charge in [0.05, 0.1) is 11.4 Å². The molecule has 4 heteroatoms. The molecule has 0 amide bonds. The number of hydrogen-bond donors (Lipinski definition) is 1. The van der Waals surface area contributed by atoms with Crippen molar-refractivity contribution in [2.75, 3.05) is 0 Å². The van der Waals surface area contributed by atoms with Gasteiger partial charge in [0, 0.05) is 18.7 Å². The van der Waals surface area contributed by atoms with Crippen LogP contribution in [0.4, 0.5) is 0 Å². The molecule has 2 heterocycles. The summed E-state index contributed by atoms with van der Waals surface area (Å²) >= 11 is 5.88. The molecule has 2 aromatic heterocycles. The fraction of sp³-hybridized carbons (Fsp3) is 0.200. The molecule has 0 atom stereocenters. The van der Waals surface area contributed by atoms with Crippen LogP contribution in [0.5, 0.6) is 0 Å². The molecule has 0 fully saturated rings. The quantitative estimate of drug-likeness (QED) is 0.770. The average Bonchev–Trinajstić information content (AvgIpc) is 2.69. The summed E-state index contributed by atoms with van der Waals surface area (Å²) < 4.78 is 0. The number of aromatic amines is 1. The summed E-state index contributed by atoms with van der Waals surface area (Å²) in [5.74, 6) is 0.766. The minimum atomic E-state index is 0.487. The van der Waals surface area contributed by atoms with Crippen LogP contribution in [0, 0.1) is 0 Å². The van der Waals surface area contributed by atoms with Gasteiger partial charge in [0.25, 0.3) is 0 Å². The van der Waals surface area contributed by atoms with Crippen LogP contribution in [0.15, 0.2) is 24.4 Å². The molecule has 3 nitrogen and oxygen atoms in total. The number of nitrogens with zero attached hydrogens (tertiary/aromatic N) is 2. The third kappa shape index (κ3) is 1.77. The Labute approximate surface area is 87.2 Å².